The van der Waals surface area contributed by atoms with Crippen molar-refractivity contribution in [2.75, 3.05) is 51.3 Å². The van der Waals surface area contributed by atoms with Crippen LogP contribution in [0.4, 0.5) is 5.69 Å². The predicted molar refractivity (Wildman–Crippen MR) is 129 cm³/mol. The summed E-state index contributed by atoms with van der Waals surface area (Å²) in [5.41, 5.74) is 3.89. The number of carbonyl (C=O) groups excluding carboxylic acids is 2. The second kappa shape index (κ2) is 10.5. The van der Waals surface area contributed by atoms with Gasteiger partial charge in [-0.2, -0.15) is 0 Å². The molecule has 0 aliphatic carbocycles. The van der Waals surface area contributed by atoms with Crippen LogP contribution < -0.4 is 14.8 Å². The summed E-state index contributed by atoms with van der Waals surface area (Å²) in [5.74, 6) is 1.41. The van der Waals surface area contributed by atoms with E-state index in [0.29, 0.717) is 45.9 Å². The van der Waals surface area contributed by atoms with Crippen LogP contribution in [-0.2, 0) is 9.59 Å². The standard InChI is InChI=1S/C26H31N3O4/c1-19-5-3-6-20(2)26(19)27-24(30)18-28-11-13-29(14-12-28)25(31)10-8-21-7-9-22-23(17-21)33-16-4-15-32-22/h3,5-10,17H,4,11-16,18H2,1-2H3,(H,27,30)/b10-8+. The van der Waals surface area contributed by atoms with E-state index in [2.05, 4.69) is 10.2 Å². The minimum Gasteiger partial charge on any atom is -0.490 e. The van der Waals surface area contributed by atoms with E-state index < -0.39 is 0 Å². The highest BCUT2D eigenvalue weighted by molar-refractivity contribution is 5.94. The van der Waals surface area contributed by atoms with E-state index >= 15 is 0 Å². The van der Waals surface area contributed by atoms with Gasteiger partial charge in [0.15, 0.2) is 11.5 Å². The van der Waals surface area contributed by atoms with Gasteiger partial charge >= 0.3 is 0 Å². The number of benzene rings is 2. The Hall–Kier alpha value is -3.32. The highest BCUT2D eigenvalue weighted by Crippen LogP contribution is 2.30. The van der Waals surface area contributed by atoms with Crippen molar-refractivity contribution in [3.05, 3.63) is 59.2 Å². The van der Waals surface area contributed by atoms with Crippen molar-refractivity contribution in [2.45, 2.75) is 20.3 Å². The molecule has 0 radical (unpaired) electrons. The van der Waals surface area contributed by atoms with Crippen molar-refractivity contribution in [3.8, 4) is 11.5 Å². The Kier molecular flexibility index (Phi) is 7.29. The quantitative estimate of drug-likeness (QED) is 0.710. The van der Waals surface area contributed by atoms with E-state index in [-0.39, 0.29) is 11.8 Å². The molecule has 2 aliphatic rings. The van der Waals surface area contributed by atoms with Gasteiger partial charge in [-0.3, -0.25) is 14.5 Å². The van der Waals surface area contributed by atoms with E-state index in [9.17, 15) is 9.59 Å². The predicted octanol–water partition coefficient (Wildman–Crippen LogP) is 3.26. The van der Waals surface area contributed by atoms with Crippen LogP contribution in [0.1, 0.15) is 23.1 Å². The van der Waals surface area contributed by atoms with Gasteiger partial charge in [0, 0.05) is 44.4 Å². The lowest BCUT2D eigenvalue weighted by Gasteiger charge is -2.33. The summed E-state index contributed by atoms with van der Waals surface area (Å²) in [5, 5.41) is 3.03. The molecule has 0 unspecified atom stereocenters. The maximum Gasteiger partial charge on any atom is 0.246 e. The van der Waals surface area contributed by atoms with E-state index in [4.69, 9.17) is 9.47 Å². The van der Waals surface area contributed by atoms with E-state index in [0.717, 1.165) is 40.3 Å². The van der Waals surface area contributed by atoms with Crippen LogP contribution in [0.3, 0.4) is 0 Å². The molecule has 1 N–H and O–H groups in total. The maximum atomic E-state index is 12.6. The minimum atomic E-state index is -0.0264. The first-order valence-electron chi connectivity index (χ1n) is 11.4. The van der Waals surface area contributed by atoms with Crippen molar-refractivity contribution in [2.24, 2.45) is 0 Å². The zero-order valence-electron chi connectivity index (χ0n) is 19.3. The van der Waals surface area contributed by atoms with Crippen LogP contribution in [-0.4, -0.2) is 67.6 Å². The number of hydrogen-bond acceptors (Lipinski definition) is 5. The molecule has 2 heterocycles. The Labute approximate surface area is 195 Å². The molecule has 0 bridgehead atoms. The lowest BCUT2D eigenvalue weighted by atomic mass is 10.1. The SMILES string of the molecule is Cc1cccc(C)c1NC(=O)CN1CCN(C(=O)/C=C/c2ccc3c(c2)OCCCO3)CC1. The van der Waals surface area contributed by atoms with Crippen molar-refractivity contribution >= 4 is 23.6 Å². The number of rotatable bonds is 5. The molecule has 7 heteroatoms. The van der Waals surface area contributed by atoms with Gasteiger partial charge in [-0.25, -0.2) is 0 Å². The third-order valence-corrected chi connectivity index (χ3v) is 5.99. The van der Waals surface area contributed by atoms with Gasteiger partial charge in [0.1, 0.15) is 0 Å². The summed E-state index contributed by atoms with van der Waals surface area (Å²) >= 11 is 0. The number of nitrogens with one attached hydrogen (secondary N) is 1. The number of amides is 2. The fraction of sp³-hybridized carbons (Fsp3) is 0.385. The van der Waals surface area contributed by atoms with Crippen molar-refractivity contribution in [1.82, 2.24) is 9.80 Å². The molecular weight excluding hydrogens is 418 g/mol. The largest absolute Gasteiger partial charge is 0.490 e. The number of para-hydroxylation sites is 1. The Morgan fingerprint density at radius 1 is 0.970 bits per heavy atom. The first kappa shape index (κ1) is 22.9. The lowest BCUT2D eigenvalue weighted by molar-refractivity contribution is -0.127. The monoisotopic (exact) mass is 449 g/mol. The van der Waals surface area contributed by atoms with Gasteiger partial charge < -0.3 is 19.7 Å². The second-order valence-electron chi connectivity index (χ2n) is 8.51. The van der Waals surface area contributed by atoms with E-state index in [1.54, 1.807) is 12.2 Å². The smallest absolute Gasteiger partial charge is 0.246 e. The first-order valence-corrected chi connectivity index (χ1v) is 11.4. The Balaban J connectivity index is 1.26. The van der Waals surface area contributed by atoms with Gasteiger partial charge in [-0.1, -0.05) is 24.3 Å². The average molecular weight is 450 g/mol. The van der Waals surface area contributed by atoms with Gasteiger partial charge in [0.2, 0.25) is 11.8 Å². The topological polar surface area (TPSA) is 71.1 Å². The fourth-order valence-corrected chi connectivity index (χ4v) is 4.08. The van der Waals surface area contributed by atoms with Crippen LogP contribution in [0.2, 0.25) is 0 Å². The number of nitrogens with zero attached hydrogens (tertiary/aromatic N) is 2. The van der Waals surface area contributed by atoms with Crippen LogP contribution in [0.25, 0.3) is 6.08 Å². The molecule has 2 aromatic carbocycles. The highest BCUT2D eigenvalue weighted by atomic mass is 16.5. The number of piperazine rings is 1. The molecule has 2 aromatic rings. The molecule has 4 rings (SSSR count). The molecule has 0 atom stereocenters. The van der Waals surface area contributed by atoms with Crippen LogP contribution in [0.15, 0.2) is 42.5 Å². The molecule has 7 nitrogen and oxygen atoms in total. The third kappa shape index (κ3) is 5.93. The molecule has 33 heavy (non-hydrogen) atoms. The normalized spacial score (nSPS) is 16.5. The molecule has 1 fully saturated rings. The summed E-state index contributed by atoms with van der Waals surface area (Å²) in [6.45, 7) is 8.13. The van der Waals surface area contributed by atoms with Gasteiger partial charge in [-0.05, 0) is 48.7 Å². The zero-order valence-corrected chi connectivity index (χ0v) is 19.3. The van der Waals surface area contributed by atoms with Crippen molar-refractivity contribution < 1.29 is 19.1 Å². The summed E-state index contributed by atoms with van der Waals surface area (Å²) in [6.07, 6.45) is 4.27. The molecule has 2 aliphatic heterocycles. The van der Waals surface area contributed by atoms with Gasteiger partial charge in [0.05, 0.1) is 19.8 Å². The summed E-state index contributed by atoms with van der Waals surface area (Å²) in [4.78, 5) is 29.1. The number of fused-ring (bicyclic) bond motifs is 1. The molecular formula is C26H31N3O4. The fourth-order valence-electron chi connectivity index (χ4n) is 4.08. The molecule has 0 saturated carbocycles. The number of anilines is 1. The first-order chi connectivity index (χ1) is 16.0. The van der Waals surface area contributed by atoms with Crippen LogP contribution >= 0.6 is 0 Å². The van der Waals surface area contributed by atoms with Gasteiger partial charge in [0.25, 0.3) is 0 Å². The lowest BCUT2D eigenvalue weighted by Crippen LogP contribution is -2.50. The zero-order chi connectivity index (χ0) is 23.2. The second-order valence-corrected chi connectivity index (χ2v) is 8.51. The minimum absolute atomic E-state index is 0.0262. The molecule has 0 spiro atoms. The molecule has 174 valence electrons. The van der Waals surface area contributed by atoms with Crippen molar-refractivity contribution in [3.63, 3.8) is 0 Å². The number of aryl methyl sites for hydroxylation is 2. The van der Waals surface area contributed by atoms with E-state index in [1.807, 2.05) is 55.1 Å². The van der Waals surface area contributed by atoms with Crippen LogP contribution in [0.5, 0.6) is 11.5 Å². The summed E-state index contributed by atoms with van der Waals surface area (Å²) in [7, 11) is 0. The number of ether oxygens (including phenoxy) is 2. The molecule has 2 amide bonds. The van der Waals surface area contributed by atoms with Crippen LogP contribution in [0, 0.1) is 13.8 Å². The Morgan fingerprint density at radius 3 is 2.39 bits per heavy atom. The highest BCUT2D eigenvalue weighted by Gasteiger charge is 2.21. The average Bonchev–Trinajstić information content (AvgIpc) is 3.05. The maximum absolute atomic E-state index is 12.6. The number of carbonyl (C=O) groups is 2. The Bertz CT molecular complexity index is 1020. The van der Waals surface area contributed by atoms with E-state index in [1.165, 1.54) is 0 Å². The summed E-state index contributed by atoms with van der Waals surface area (Å²) in [6, 6.07) is 11.7. The number of hydrogen-bond donors (Lipinski definition) is 1. The van der Waals surface area contributed by atoms with Gasteiger partial charge in [-0.15, -0.1) is 0 Å². The van der Waals surface area contributed by atoms with Crippen molar-refractivity contribution in [1.29, 1.82) is 0 Å². The Morgan fingerprint density at radius 2 is 1.67 bits per heavy atom. The summed E-state index contributed by atoms with van der Waals surface area (Å²) < 4.78 is 11.4. The molecule has 1 saturated heterocycles. The molecule has 0 aromatic heterocycles. The third-order valence-electron chi connectivity index (χ3n) is 5.99.